The van der Waals surface area contributed by atoms with E-state index in [9.17, 15) is 4.79 Å². The molecule has 0 bridgehead atoms. The van der Waals surface area contributed by atoms with E-state index in [2.05, 4.69) is 11.3 Å². The summed E-state index contributed by atoms with van der Waals surface area (Å²) in [7, 11) is 0. The number of carbonyl (C=O) groups excluding carboxylic acids is 1. The summed E-state index contributed by atoms with van der Waals surface area (Å²) in [5, 5.41) is 4.39. The van der Waals surface area contributed by atoms with E-state index in [1.54, 1.807) is 6.08 Å². The van der Waals surface area contributed by atoms with Crippen LogP contribution in [0.5, 0.6) is 0 Å². The fourth-order valence-corrected chi connectivity index (χ4v) is 2.09. The zero-order valence-electron chi connectivity index (χ0n) is 10.5. The molecule has 1 fully saturated rings. The molecule has 1 aliphatic carbocycles. The van der Waals surface area contributed by atoms with Crippen molar-refractivity contribution in [3.63, 3.8) is 0 Å². The number of primary amides is 1. The minimum Gasteiger partial charge on any atom is -0.366 e. The molecule has 0 saturated heterocycles. The first-order chi connectivity index (χ1) is 9.24. The third-order valence-electron chi connectivity index (χ3n) is 3.22. The minimum absolute atomic E-state index is 0.441. The van der Waals surface area contributed by atoms with Crippen molar-refractivity contribution < 1.29 is 4.79 Å². The highest BCUT2D eigenvalue weighted by Gasteiger charge is 2.24. The third-order valence-corrected chi connectivity index (χ3v) is 3.22. The van der Waals surface area contributed by atoms with Gasteiger partial charge in [-0.05, 0) is 30.0 Å². The lowest BCUT2D eigenvalue weighted by molar-refractivity contribution is -0.113. The molecule has 4 heteroatoms. The van der Waals surface area contributed by atoms with Crippen molar-refractivity contribution in [1.82, 2.24) is 9.78 Å². The van der Waals surface area contributed by atoms with Crippen molar-refractivity contribution in [3.05, 3.63) is 48.3 Å². The second-order valence-corrected chi connectivity index (χ2v) is 4.76. The van der Waals surface area contributed by atoms with Crippen LogP contribution >= 0.6 is 0 Å². The molecule has 0 aliphatic heterocycles. The molecule has 0 unspecified atom stereocenters. The van der Waals surface area contributed by atoms with Crippen molar-refractivity contribution in [2.24, 2.45) is 5.73 Å². The number of nitrogens with zero attached hydrogens (tertiary/aromatic N) is 2. The van der Waals surface area contributed by atoms with E-state index in [4.69, 9.17) is 5.73 Å². The highest BCUT2D eigenvalue weighted by atomic mass is 16.1. The van der Waals surface area contributed by atoms with Gasteiger partial charge < -0.3 is 5.73 Å². The van der Waals surface area contributed by atoms with Gasteiger partial charge in [-0.25, -0.2) is 0 Å². The quantitative estimate of drug-likeness (QED) is 0.850. The maximum Gasteiger partial charge on any atom is 0.241 e. The van der Waals surface area contributed by atoms with E-state index in [-0.39, 0.29) is 0 Å². The van der Waals surface area contributed by atoms with Crippen molar-refractivity contribution in [2.45, 2.75) is 18.9 Å². The molecule has 1 aromatic carbocycles. The van der Waals surface area contributed by atoms with Crippen molar-refractivity contribution in [1.29, 1.82) is 0 Å². The number of hydrogen-bond acceptors (Lipinski definition) is 2. The first-order valence-corrected chi connectivity index (χ1v) is 6.35. The van der Waals surface area contributed by atoms with Gasteiger partial charge in [-0.15, -0.1) is 0 Å². The Bertz CT molecular complexity index is 638. The van der Waals surface area contributed by atoms with Gasteiger partial charge in [-0.3, -0.25) is 9.48 Å². The molecule has 19 heavy (non-hydrogen) atoms. The van der Waals surface area contributed by atoms with E-state index in [1.807, 2.05) is 35.1 Å². The van der Waals surface area contributed by atoms with Gasteiger partial charge in [0.25, 0.3) is 0 Å². The maximum atomic E-state index is 10.8. The molecule has 1 aromatic heterocycles. The van der Waals surface area contributed by atoms with Gasteiger partial charge in [0.05, 0.1) is 12.2 Å². The Morgan fingerprint density at radius 3 is 2.89 bits per heavy atom. The van der Waals surface area contributed by atoms with Gasteiger partial charge >= 0.3 is 0 Å². The van der Waals surface area contributed by atoms with Crippen LogP contribution < -0.4 is 5.73 Å². The lowest BCUT2D eigenvalue weighted by Gasteiger charge is -2.02. The zero-order valence-corrected chi connectivity index (χ0v) is 10.5. The molecule has 0 spiro atoms. The number of carbonyl (C=O) groups is 1. The van der Waals surface area contributed by atoms with E-state index in [0.717, 1.165) is 16.7 Å². The van der Waals surface area contributed by atoms with Crippen LogP contribution in [0.2, 0.25) is 0 Å². The molecule has 2 aromatic rings. The van der Waals surface area contributed by atoms with E-state index in [0.29, 0.717) is 6.04 Å². The smallest absolute Gasteiger partial charge is 0.241 e. The number of aromatic nitrogens is 2. The standard InChI is InChI=1S/C15H15N3O/c16-15(19)8-5-11-3-1-2-4-14(11)12-9-17-18(10-12)13-6-7-13/h1-5,8-10,13H,6-7H2,(H2,16,19)/b8-5+. The number of nitrogens with two attached hydrogens (primary N) is 1. The predicted molar refractivity (Wildman–Crippen MR) is 74.2 cm³/mol. The number of benzene rings is 1. The zero-order chi connectivity index (χ0) is 13.2. The topological polar surface area (TPSA) is 60.9 Å². The molecule has 0 atom stereocenters. The van der Waals surface area contributed by atoms with E-state index >= 15 is 0 Å². The van der Waals surface area contributed by atoms with Crippen LogP contribution in [0.25, 0.3) is 17.2 Å². The van der Waals surface area contributed by atoms with Crippen molar-refractivity contribution in [2.75, 3.05) is 0 Å². The lowest BCUT2D eigenvalue weighted by atomic mass is 10.0. The van der Waals surface area contributed by atoms with Gasteiger partial charge in [0, 0.05) is 17.8 Å². The first-order valence-electron chi connectivity index (χ1n) is 6.35. The SMILES string of the molecule is NC(=O)/C=C/c1ccccc1-c1cnn(C2CC2)c1. The molecule has 3 rings (SSSR count). The van der Waals surface area contributed by atoms with E-state index in [1.165, 1.54) is 18.9 Å². The second kappa shape index (κ2) is 4.72. The highest BCUT2D eigenvalue weighted by molar-refractivity contribution is 5.91. The summed E-state index contributed by atoms with van der Waals surface area (Å²) < 4.78 is 2.02. The van der Waals surface area contributed by atoms with Crippen LogP contribution in [-0.4, -0.2) is 15.7 Å². The third kappa shape index (κ3) is 2.57. The van der Waals surface area contributed by atoms with Crippen molar-refractivity contribution in [3.8, 4) is 11.1 Å². The second-order valence-electron chi connectivity index (χ2n) is 4.76. The van der Waals surface area contributed by atoms with Crippen LogP contribution in [0, 0.1) is 0 Å². The Labute approximate surface area is 111 Å². The molecular formula is C15H15N3O. The molecule has 96 valence electrons. The Kier molecular flexibility index (Phi) is 2.91. The number of amides is 1. The summed E-state index contributed by atoms with van der Waals surface area (Å²) in [5.41, 5.74) is 8.24. The molecule has 4 nitrogen and oxygen atoms in total. The molecule has 1 saturated carbocycles. The monoisotopic (exact) mass is 253 g/mol. The molecule has 2 N–H and O–H groups in total. The average Bonchev–Trinajstić information content (AvgIpc) is 3.15. The molecule has 1 aliphatic rings. The fraction of sp³-hybridized carbons (Fsp3) is 0.200. The number of rotatable bonds is 4. The van der Waals surface area contributed by atoms with Gasteiger partial charge in [0.2, 0.25) is 5.91 Å². The molecule has 1 heterocycles. The predicted octanol–water partition coefficient (Wildman–Crippen LogP) is 2.38. The van der Waals surface area contributed by atoms with Crippen LogP contribution in [0.15, 0.2) is 42.7 Å². The molecule has 1 amide bonds. The molecule has 0 radical (unpaired) electrons. The van der Waals surface area contributed by atoms with Crippen LogP contribution in [-0.2, 0) is 4.79 Å². The average molecular weight is 253 g/mol. The van der Waals surface area contributed by atoms with Gasteiger partial charge in [0.15, 0.2) is 0 Å². The summed E-state index contributed by atoms with van der Waals surface area (Å²) in [6.45, 7) is 0. The molecular weight excluding hydrogens is 238 g/mol. The fourth-order valence-electron chi connectivity index (χ4n) is 2.09. The summed E-state index contributed by atoms with van der Waals surface area (Å²) in [5.74, 6) is -0.441. The Hall–Kier alpha value is -2.36. The summed E-state index contributed by atoms with van der Waals surface area (Å²) in [4.78, 5) is 10.8. The summed E-state index contributed by atoms with van der Waals surface area (Å²) in [6.07, 6.45) is 9.48. The Balaban J connectivity index is 1.96. The van der Waals surface area contributed by atoms with Crippen LogP contribution in [0.3, 0.4) is 0 Å². The largest absolute Gasteiger partial charge is 0.366 e. The number of hydrogen-bond donors (Lipinski definition) is 1. The Morgan fingerprint density at radius 1 is 1.37 bits per heavy atom. The summed E-state index contributed by atoms with van der Waals surface area (Å²) in [6, 6.07) is 8.47. The van der Waals surface area contributed by atoms with Crippen molar-refractivity contribution >= 4 is 12.0 Å². The van der Waals surface area contributed by atoms with Gasteiger partial charge in [-0.2, -0.15) is 5.10 Å². The van der Waals surface area contributed by atoms with Gasteiger partial charge in [-0.1, -0.05) is 24.3 Å². The summed E-state index contributed by atoms with van der Waals surface area (Å²) >= 11 is 0. The van der Waals surface area contributed by atoms with Gasteiger partial charge in [0.1, 0.15) is 0 Å². The Morgan fingerprint density at radius 2 is 2.16 bits per heavy atom. The lowest BCUT2D eigenvalue weighted by Crippen LogP contribution is -2.05. The normalized spacial score (nSPS) is 14.9. The first kappa shape index (κ1) is 11.7. The van der Waals surface area contributed by atoms with E-state index < -0.39 is 5.91 Å². The van der Waals surface area contributed by atoms with Crippen LogP contribution in [0.1, 0.15) is 24.4 Å². The highest BCUT2D eigenvalue weighted by Crippen LogP contribution is 2.35. The maximum absolute atomic E-state index is 10.8. The minimum atomic E-state index is -0.441. The van der Waals surface area contributed by atoms with Crippen LogP contribution in [0.4, 0.5) is 0 Å².